The summed E-state index contributed by atoms with van der Waals surface area (Å²) in [5.74, 6) is 0.0698. The van der Waals surface area contributed by atoms with Crippen molar-refractivity contribution >= 4 is 12.0 Å². The second-order valence-corrected chi connectivity index (χ2v) is 7.85. The molecule has 0 bridgehead atoms. The number of amides is 1. The first-order valence-corrected chi connectivity index (χ1v) is 9.84. The molecular weight excluding hydrogens is 336 g/mol. The minimum absolute atomic E-state index is 0.0698. The third-order valence-electron chi connectivity index (χ3n) is 6.01. The highest BCUT2D eigenvalue weighted by Gasteiger charge is 2.32. The fraction of sp³-hybridized carbons (Fsp3) is 0.455. The number of carbonyl (C=O) groups is 1. The maximum atomic E-state index is 12.6. The van der Waals surface area contributed by atoms with Gasteiger partial charge in [0.05, 0.1) is 6.20 Å². The Hall–Kier alpha value is -2.40. The molecule has 1 aliphatic carbocycles. The first-order valence-electron chi connectivity index (χ1n) is 9.84. The van der Waals surface area contributed by atoms with E-state index in [4.69, 9.17) is 0 Å². The zero-order chi connectivity index (χ0) is 18.8. The van der Waals surface area contributed by atoms with Gasteiger partial charge < -0.3 is 4.90 Å². The van der Waals surface area contributed by atoms with Crippen molar-refractivity contribution in [1.82, 2.24) is 19.6 Å². The van der Waals surface area contributed by atoms with Gasteiger partial charge in [-0.25, -0.2) is 0 Å². The van der Waals surface area contributed by atoms with Crippen molar-refractivity contribution in [3.63, 3.8) is 0 Å². The Morgan fingerprint density at radius 3 is 2.67 bits per heavy atom. The highest BCUT2D eigenvalue weighted by molar-refractivity contribution is 5.91. The number of hydrogen-bond acceptors (Lipinski definition) is 3. The molecule has 5 heteroatoms. The van der Waals surface area contributed by atoms with Crippen LogP contribution in [0.1, 0.15) is 29.5 Å². The fourth-order valence-electron chi connectivity index (χ4n) is 4.42. The van der Waals surface area contributed by atoms with E-state index in [0.29, 0.717) is 6.04 Å². The first kappa shape index (κ1) is 18.0. The molecule has 1 aromatic heterocycles. The van der Waals surface area contributed by atoms with Crippen LogP contribution in [0.5, 0.6) is 0 Å². The molecule has 1 fully saturated rings. The van der Waals surface area contributed by atoms with Crippen LogP contribution in [0.15, 0.2) is 42.7 Å². The van der Waals surface area contributed by atoms with Crippen LogP contribution in [0, 0.1) is 0 Å². The van der Waals surface area contributed by atoms with Gasteiger partial charge in [-0.2, -0.15) is 5.10 Å². The minimum Gasteiger partial charge on any atom is -0.338 e. The van der Waals surface area contributed by atoms with E-state index in [1.54, 1.807) is 17.0 Å². The summed E-state index contributed by atoms with van der Waals surface area (Å²) >= 11 is 0. The van der Waals surface area contributed by atoms with E-state index in [2.05, 4.69) is 34.3 Å². The Bertz CT molecular complexity index is 815. The van der Waals surface area contributed by atoms with Gasteiger partial charge in [0.25, 0.3) is 0 Å². The van der Waals surface area contributed by atoms with E-state index in [1.807, 2.05) is 31.3 Å². The number of rotatable bonds is 4. The van der Waals surface area contributed by atoms with Crippen LogP contribution in [0.25, 0.3) is 6.08 Å². The molecule has 0 spiro atoms. The van der Waals surface area contributed by atoms with E-state index in [9.17, 15) is 4.79 Å². The fourth-order valence-corrected chi connectivity index (χ4v) is 4.42. The van der Waals surface area contributed by atoms with Crippen LogP contribution in [0.2, 0.25) is 0 Å². The van der Waals surface area contributed by atoms with Crippen LogP contribution in [-0.2, 0) is 24.7 Å². The molecule has 5 nitrogen and oxygen atoms in total. The maximum Gasteiger partial charge on any atom is 0.246 e. The quantitative estimate of drug-likeness (QED) is 0.783. The molecule has 0 saturated carbocycles. The van der Waals surface area contributed by atoms with E-state index >= 15 is 0 Å². The molecule has 2 aromatic rings. The van der Waals surface area contributed by atoms with Gasteiger partial charge in [0, 0.05) is 50.6 Å². The molecule has 4 rings (SSSR count). The van der Waals surface area contributed by atoms with Crippen molar-refractivity contribution in [3.8, 4) is 0 Å². The van der Waals surface area contributed by atoms with Gasteiger partial charge in [-0.3, -0.25) is 14.4 Å². The van der Waals surface area contributed by atoms with E-state index < -0.39 is 0 Å². The lowest BCUT2D eigenvalue weighted by molar-refractivity contribution is -0.127. The second-order valence-electron chi connectivity index (χ2n) is 7.85. The second kappa shape index (κ2) is 7.69. The third-order valence-corrected chi connectivity index (χ3v) is 6.01. The number of nitrogens with zero attached hydrogens (tertiary/aromatic N) is 4. The van der Waals surface area contributed by atoms with Gasteiger partial charge in [-0.15, -0.1) is 0 Å². The molecule has 1 saturated heterocycles. The number of likely N-dealkylation sites (tertiary alicyclic amines) is 1. The number of aryl methyl sites for hydroxylation is 1. The van der Waals surface area contributed by atoms with Crippen molar-refractivity contribution in [3.05, 3.63) is 59.4 Å². The topological polar surface area (TPSA) is 41.4 Å². The average molecular weight is 364 g/mol. The summed E-state index contributed by atoms with van der Waals surface area (Å²) in [4.78, 5) is 17.1. The predicted molar refractivity (Wildman–Crippen MR) is 107 cm³/mol. The summed E-state index contributed by atoms with van der Waals surface area (Å²) in [7, 11) is 3.82. The standard InChI is InChI=1S/C22H28N4O/c1-24-15-17(14-23-24)9-10-22(27)25(2)20-8-5-11-26(16-20)21-12-18-6-3-4-7-19(18)13-21/h3-4,6-7,9-10,14-15,20-21H,5,8,11-13,16H2,1-2H3/b10-9+. The van der Waals surface area contributed by atoms with Crippen LogP contribution in [0.4, 0.5) is 0 Å². The van der Waals surface area contributed by atoms with Crippen molar-refractivity contribution in [1.29, 1.82) is 0 Å². The normalized spacial score (nSPS) is 20.9. The Balaban J connectivity index is 1.36. The number of hydrogen-bond donors (Lipinski definition) is 0. The van der Waals surface area contributed by atoms with Gasteiger partial charge in [0.2, 0.25) is 5.91 Å². The monoisotopic (exact) mass is 364 g/mol. The third kappa shape index (κ3) is 3.98. The van der Waals surface area contributed by atoms with Crippen molar-refractivity contribution in [2.75, 3.05) is 20.1 Å². The molecule has 0 radical (unpaired) electrons. The number of benzene rings is 1. The first-order chi connectivity index (χ1) is 13.1. The van der Waals surface area contributed by atoms with Crippen LogP contribution < -0.4 is 0 Å². The molecule has 1 atom stereocenters. The summed E-state index contributed by atoms with van der Waals surface area (Å²) < 4.78 is 1.74. The highest BCUT2D eigenvalue weighted by atomic mass is 16.2. The number of aromatic nitrogens is 2. The van der Waals surface area contributed by atoms with E-state index in [1.165, 1.54) is 11.1 Å². The zero-order valence-electron chi connectivity index (χ0n) is 16.2. The Kier molecular flexibility index (Phi) is 5.12. The van der Waals surface area contributed by atoms with E-state index in [-0.39, 0.29) is 11.9 Å². The lowest BCUT2D eigenvalue weighted by Crippen LogP contribution is -2.51. The van der Waals surface area contributed by atoms with Gasteiger partial charge in [0.1, 0.15) is 0 Å². The lowest BCUT2D eigenvalue weighted by Gasteiger charge is -2.40. The summed E-state index contributed by atoms with van der Waals surface area (Å²) in [6.45, 7) is 2.12. The zero-order valence-corrected chi connectivity index (χ0v) is 16.2. The molecule has 27 heavy (non-hydrogen) atoms. The lowest BCUT2D eigenvalue weighted by atomic mass is 10.0. The van der Waals surface area contributed by atoms with Gasteiger partial charge in [0.15, 0.2) is 0 Å². The summed E-state index contributed by atoms with van der Waals surface area (Å²) in [6, 6.07) is 9.67. The van der Waals surface area contributed by atoms with Crippen LogP contribution in [-0.4, -0.2) is 57.7 Å². The summed E-state index contributed by atoms with van der Waals surface area (Å²) in [5, 5.41) is 4.13. The number of piperidine rings is 1. The Morgan fingerprint density at radius 1 is 1.26 bits per heavy atom. The highest BCUT2D eigenvalue weighted by Crippen LogP contribution is 2.28. The van der Waals surface area contributed by atoms with Crippen LogP contribution >= 0.6 is 0 Å². The molecule has 142 valence electrons. The molecule has 0 N–H and O–H groups in total. The SMILES string of the molecule is CN(C(=O)/C=C/c1cnn(C)c1)C1CCCN(C2Cc3ccccc3C2)C1. The van der Waals surface area contributed by atoms with Gasteiger partial charge in [-0.05, 0) is 49.4 Å². The summed E-state index contributed by atoms with van der Waals surface area (Å²) in [5.41, 5.74) is 3.94. The van der Waals surface area contributed by atoms with Crippen LogP contribution in [0.3, 0.4) is 0 Å². The van der Waals surface area contributed by atoms with Crippen molar-refractivity contribution in [2.24, 2.45) is 7.05 Å². The smallest absolute Gasteiger partial charge is 0.246 e. The molecule has 2 heterocycles. The van der Waals surface area contributed by atoms with Crippen molar-refractivity contribution < 1.29 is 4.79 Å². The Morgan fingerprint density at radius 2 is 2.00 bits per heavy atom. The van der Waals surface area contributed by atoms with Gasteiger partial charge >= 0.3 is 0 Å². The number of fused-ring (bicyclic) bond motifs is 1. The number of carbonyl (C=O) groups excluding carboxylic acids is 1. The predicted octanol–water partition coefficient (Wildman–Crippen LogP) is 2.52. The minimum atomic E-state index is 0.0698. The maximum absolute atomic E-state index is 12.6. The molecule has 1 aromatic carbocycles. The Labute approximate surface area is 161 Å². The molecular formula is C22H28N4O. The van der Waals surface area contributed by atoms with Crippen molar-refractivity contribution in [2.45, 2.75) is 37.8 Å². The molecule has 1 aliphatic heterocycles. The number of likely N-dealkylation sites (N-methyl/N-ethyl adjacent to an activating group) is 1. The summed E-state index contributed by atoms with van der Waals surface area (Å²) in [6.07, 6.45) is 11.7. The average Bonchev–Trinajstić information content (AvgIpc) is 3.31. The molecule has 1 amide bonds. The van der Waals surface area contributed by atoms with E-state index in [0.717, 1.165) is 44.3 Å². The molecule has 2 aliphatic rings. The van der Waals surface area contributed by atoms with Gasteiger partial charge in [-0.1, -0.05) is 24.3 Å². The largest absolute Gasteiger partial charge is 0.338 e. The molecule has 1 unspecified atom stereocenters.